The number of nitrogens with two attached hydrogens (primary N) is 1. The van der Waals surface area contributed by atoms with Gasteiger partial charge in [-0.15, -0.1) is 0 Å². The molecule has 2 heterocycles. The highest BCUT2D eigenvalue weighted by Crippen LogP contribution is 2.30. The van der Waals surface area contributed by atoms with Crippen LogP contribution in [0.5, 0.6) is 0 Å². The van der Waals surface area contributed by atoms with Gasteiger partial charge in [-0.1, -0.05) is 0 Å². The van der Waals surface area contributed by atoms with E-state index in [1.165, 1.54) is 6.33 Å². The molecule has 0 aromatic carbocycles. The predicted molar refractivity (Wildman–Crippen MR) is 72.8 cm³/mol. The Hall–Kier alpha value is -1.68. The van der Waals surface area contributed by atoms with E-state index in [2.05, 4.69) is 4.98 Å². The Morgan fingerprint density at radius 3 is 2.90 bits per heavy atom. The summed E-state index contributed by atoms with van der Waals surface area (Å²) < 4.78 is 23.9. The van der Waals surface area contributed by atoms with Gasteiger partial charge >= 0.3 is 5.82 Å². The summed E-state index contributed by atoms with van der Waals surface area (Å²) in [6.45, 7) is 1.07. The lowest BCUT2D eigenvalue weighted by atomic mass is 10.0. The second kappa shape index (κ2) is 5.37. The van der Waals surface area contributed by atoms with Gasteiger partial charge in [-0.2, -0.15) is 0 Å². The molecule has 1 fully saturated rings. The molecule has 9 nitrogen and oxygen atoms in total. The van der Waals surface area contributed by atoms with Crippen molar-refractivity contribution >= 4 is 21.7 Å². The van der Waals surface area contributed by atoms with E-state index in [4.69, 9.17) is 5.14 Å². The molecule has 2 N–H and O–H groups in total. The van der Waals surface area contributed by atoms with Crippen LogP contribution in [-0.4, -0.2) is 41.7 Å². The molecular formula is C10H17N5O4S. The number of rotatable bonds is 4. The predicted octanol–water partition coefficient (Wildman–Crippen LogP) is -0.167. The van der Waals surface area contributed by atoms with Crippen LogP contribution < -0.4 is 10.0 Å². The Morgan fingerprint density at radius 1 is 1.60 bits per heavy atom. The molecule has 2 rings (SSSR count). The fourth-order valence-electron chi connectivity index (χ4n) is 2.63. The molecule has 1 aromatic rings. The van der Waals surface area contributed by atoms with Crippen LogP contribution >= 0.6 is 0 Å². The normalized spacial score (nSPS) is 20.1. The van der Waals surface area contributed by atoms with Gasteiger partial charge < -0.3 is 15.0 Å². The van der Waals surface area contributed by atoms with Gasteiger partial charge in [0.05, 0.1) is 5.75 Å². The van der Waals surface area contributed by atoms with E-state index in [-0.39, 0.29) is 17.5 Å². The highest BCUT2D eigenvalue weighted by Gasteiger charge is 2.30. The molecule has 0 saturated carbocycles. The number of hydrogen-bond acceptors (Lipinski definition) is 6. The van der Waals surface area contributed by atoms with Crippen molar-refractivity contribution in [1.29, 1.82) is 0 Å². The van der Waals surface area contributed by atoms with Crippen LogP contribution in [0.4, 0.5) is 11.6 Å². The fraction of sp³-hybridized carbons (Fsp3) is 0.700. The van der Waals surface area contributed by atoms with Crippen molar-refractivity contribution in [2.24, 2.45) is 18.1 Å². The first-order chi connectivity index (χ1) is 9.28. The van der Waals surface area contributed by atoms with Gasteiger partial charge in [-0.05, 0) is 28.7 Å². The van der Waals surface area contributed by atoms with Crippen molar-refractivity contribution in [2.75, 3.05) is 23.7 Å². The summed E-state index contributed by atoms with van der Waals surface area (Å²) in [5, 5.41) is 16.0. The zero-order valence-electron chi connectivity index (χ0n) is 11.1. The van der Waals surface area contributed by atoms with Crippen molar-refractivity contribution in [2.45, 2.75) is 12.8 Å². The lowest BCUT2D eigenvalue weighted by Gasteiger charge is -2.33. The van der Waals surface area contributed by atoms with Gasteiger partial charge in [0.2, 0.25) is 22.2 Å². The Labute approximate surface area is 116 Å². The molecule has 1 aliphatic heterocycles. The number of primary sulfonamides is 1. The molecule has 112 valence electrons. The van der Waals surface area contributed by atoms with Crippen molar-refractivity contribution in [3.8, 4) is 0 Å². The minimum Gasteiger partial charge on any atom is -0.358 e. The molecular weight excluding hydrogens is 286 g/mol. The third kappa shape index (κ3) is 3.25. The Morgan fingerprint density at radius 2 is 2.30 bits per heavy atom. The molecule has 0 amide bonds. The summed E-state index contributed by atoms with van der Waals surface area (Å²) in [5.74, 6) is -0.0130. The zero-order chi connectivity index (χ0) is 14.9. The van der Waals surface area contributed by atoms with Crippen molar-refractivity contribution in [3.05, 3.63) is 16.4 Å². The van der Waals surface area contributed by atoms with Crippen LogP contribution in [0.2, 0.25) is 0 Å². The lowest BCUT2D eigenvalue weighted by molar-refractivity contribution is -0.388. The SMILES string of the molecule is Cn1cnc([N+](=O)[O-])c1N1CCC[C@@H](CS(N)(=O)=O)C1. The zero-order valence-corrected chi connectivity index (χ0v) is 11.9. The highest BCUT2D eigenvalue weighted by atomic mass is 32.2. The average Bonchev–Trinajstić information content (AvgIpc) is 2.69. The van der Waals surface area contributed by atoms with Crippen LogP contribution in [0.3, 0.4) is 0 Å². The maximum absolute atomic E-state index is 11.2. The Kier molecular flexibility index (Phi) is 3.95. The number of nitrogens with zero attached hydrogens (tertiary/aromatic N) is 4. The topological polar surface area (TPSA) is 124 Å². The van der Waals surface area contributed by atoms with E-state index < -0.39 is 14.9 Å². The maximum atomic E-state index is 11.2. The summed E-state index contributed by atoms with van der Waals surface area (Å²) in [7, 11) is -1.86. The largest absolute Gasteiger partial charge is 0.406 e. The van der Waals surface area contributed by atoms with Crippen LogP contribution in [-0.2, 0) is 17.1 Å². The molecule has 1 saturated heterocycles. The molecule has 1 atom stereocenters. The quantitative estimate of drug-likeness (QED) is 0.608. The van der Waals surface area contributed by atoms with E-state index in [0.29, 0.717) is 18.9 Å². The van der Waals surface area contributed by atoms with E-state index in [1.807, 2.05) is 4.90 Å². The average molecular weight is 303 g/mol. The third-order valence-corrected chi connectivity index (χ3v) is 4.28. The van der Waals surface area contributed by atoms with Gasteiger partial charge in [0.15, 0.2) is 0 Å². The Balaban J connectivity index is 2.21. The number of hydrogen-bond donors (Lipinski definition) is 1. The van der Waals surface area contributed by atoms with Crippen LogP contribution in [0, 0.1) is 16.0 Å². The molecule has 0 radical (unpaired) electrons. The molecule has 20 heavy (non-hydrogen) atoms. The van der Waals surface area contributed by atoms with Crippen LogP contribution in [0.1, 0.15) is 12.8 Å². The number of aromatic nitrogens is 2. The van der Waals surface area contributed by atoms with E-state index >= 15 is 0 Å². The summed E-state index contributed by atoms with van der Waals surface area (Å²) in [6.07, 6.45) is 2.90. The third-order valence-electron chi connectivity index (χ3n) is 3.35. The first-order valence-corrected chi connectivity index (χ1v) is 7.90. The lowest BCUT2D eigenvalue weighted by Crippen LogP contribution is -2.40. The van der Waals surface area contributed by atoms with Crippen molar-refractivity contribution in [1.82, 2.24) is 9.55 Å². The van der Waals surface area contributed by atoms with E-state index in [1.54, 1.807) is 11.6 Å². The molecule has 0 spiro atoms. The Bertz CT molecular complexity index is 611. The summed E-state index contributed by atoms with van der Waals surface area (Å²) in [6, 6.07) is 0. The molecule has 1 aromatic heterocycles. The first kappa shape index (κ1) is 14.7. The molecule has 0 aliphatic carbocycles. The summed E-state index contributed by atoms with van der Waals surface area (Å²) in [4.78, 5) is 16.0. The number of nitro groups is 1. The molecule has 10 heteroatoms. The fourth-order valence-corrected chi connectivity index (χ4v) is 3.56. The molecule has 0 bridgehead atoms. The van der Waals surface area contributed by atoms with Gasteiger partial charge in [0.25, 0.3) is 0 Å². The van der Waals surface area contributed by atoms with Crippen LogP contribution in [0.15, 0.2) is 6.33 Å². The van der Waals surface area contributed by atoms with Gasteiger partial charge in [0.1, 0.15) is 0 Å². The van der Waals surface area contributed by atoms with Crippen molar-refractivity contribution < 1.29 is 13.3 Å². The van der Waals surface area contributed by atoms with Gasteiger partial charge in [-0.25, -0.2) is 13.6 Å². The first-order valence-electron chi connectivity index (χ1n) is 6.19. The smallest absolute Gasteiger partial charge is 0.358 e. The van der Waals surface area contributed by atoms with Gasteiger partial charge in [0, 0.05) is 20.1 Å². The summed E-state index contributed by atoms with van der Waals surface area (Å²) in [5.41, 5.74) is 0. The number of sulfonamides is 1. The van der Waals surface area contributed by atoms with Crippen molar-refractivity contribution in [3.63, 3.8) is 0 Å². The molecule has 0 unspecified atom stereocenters. The molecule has 1 aliphatic rings. The number of aryl methyl sites for hydroxylation is 1. The second-order valence-corrected chi connectivity index (χ2v) is 6.70. The van der Waals surface area contributed by atoms with E-state index in [9.17, 15) is 18.5 Å². The number of anilines is 1. The monoisotopic (exact) mass is 303 g/mol. The van der Waals surface area contributed by atoms with E-state index in [0.717, 1.165) is 12.8 Å². The van der Waals surface area contributed by atoms with Gasteiger partial charge in [-0.3, -0.25) is 4.57 Å². The number of imidazole rings is 1. The minimum atomic E-state index is -3.54. The maximum Gasteiger partial charge on any atom is 0.406 e. The second-order valence-electron chi connectivity index (χ2n) is 5.04. The summed E-state index contributed by atoms with van der Waals surface area (Å²) >= 11 is 0. The highest BCUT2D eigenvalue weighted by molar-refractivity contribution is 7.89. The van der Waals surface area contributed by atoms with Crippen LogP contribution in [0.25, 0.3) is 0 Å². The number of piperidine rings is 1. The minimum absolute atomic E-state index is 0.102. The standard InChI is InChI=1S/C10H17N5O4S/c1-13-7-12-9(15(16)17)10(13)14-4-2-3-8(5-14)6-20(11,18)19/h7-8H,2-6H2,1H3,(H2,11,18,19)/t8-/m1/s1.